The summed E-state index contributed by atoms with van der Waals surface area (Å²) in [5, 5.41) is 0.794. The van der Waals surface area contributed by atoms with E-state index >= 15 is 0 Å². The lowest BCUT2D eigenvalue weighted by molar-refractivity contribution is 0.0236. The second-order valence-electron chi connectivity index (χ2n) is 6.01. The molecule has 21 heavy (non-hydrogen) atoms. The molecule has 0 aromatic heterocycles. The Morgan fingerprint density at radius 2 is 1.71 bits per heavy atom. The number of hydrogen-bond acceptors (Lipinski definition) is 2. The Kier molecular flexibility index (Phi) is 6.76. The van der Waals surface area contributed by atoms with E-state index in [-0.39, 0.29) is 6.09 Å². The van der Waals surface area contributed by atoms with Crippen LogP contribution in [-0.2, 0) is 4.74 Å². The molecule has 1 aromatic rings. The van der Waals surface area contributed by atoms with Gasteiger partial charge in [0, 0.05) is 18.1 Å². The third-order valence-corrected chi connectivity index (χ3v) is 3.11. The molecule has 1 fully saturated rings. The molecule has 4 heteroatoms. The van der Waals surface area contributed by atoms with Crippen molar-refractivity contribution in [2.75, 3.05) is 13.1 Å². The van der Waals surface area contributed by atoms with Crippen LogP contribution < -0.4 is 0 Å². The van der Waals surface area contributed by atoms with E-state index in [2.05, 4.69) is 6.58 Å². The molecule has 0 atom stereocenters. The van der Waals surface area contributed by atoms with Crippen molar-refractivity contribution >= 4 is 17.7 Å². The van der Waals surface area contributed by atoms with Crippen LogP contribution in [-0.4, -0.2) is 29.7 Å². The molecular weight excluding hydrogens is 286 g/mol. The molecular formula is C17H24ClNO2. The van der Waals surface area contributed by atoms with Crippen molar-refractivity contribution in [3.63, 3.8) is 0 Å². The van der Waals surface area contributed by atoms with E-state index < -0.39 is 5.60 Å². The molecule has 1 aliphatic rings. The van der Waals surface area contributed by atoms with Gasteiger partial charge in [-0.05, 0) is 45.7 Å². The van der Waals surface area contributed by atoms with E-state index in [0.717, 1.165) is 31.0 Å². The molecule has 1 heterocycles. The van der Waals surface area contributed by atoms with Crippen LogP contribution in [0.15, 0.2) is 42.5 Å². The van der Waals surface area contributed by atoms with Crippen molar-refractivity contribution in [2.45, 2.75) is 39.2 Å². The number of carbonyl (C=O) groups excluding carboxylic acids is 1. The van der Waals surface area contributed by atoms with Gasteiger partial charge in [0.25, 0.3) is 0 Å². The van der Waals surface area contributed by atoms with Gasteiger partial charge in [-0.15, -0.1) is 0 Å². The molecule has 0 bridgehead atoms. The Hall–Kier alpha value is -1.48. The van der Waals surface area contributed by atoms with E-state index in [1.165, 1.54) is 5.57 Å². The predicted molar refractivity (Wildman–Crippen MR) is 87.6 cm³/mol. The van der Waals surface area contributed by atoms with E-state index in [4.69, 9.17) is 16.3 Å². The van der Waals surface area contributed by atoms with Crippen molar-refractivity contribution in [1.29, 1.82) is 0 Å². The van der Waals surface area contributed by atoms with Crippen LogP contribution in [0.3, 0.4) is 0 Å². The van der Waals surface area contributed by atoms with Gasteiger partial charge in [0.1, 0.15) is 5.60 Å². The molecule has 0 saturated carbocycles. The normalized spacial score (nSPS) is 15.0. The quantitative estimate of drug-likeness (QED) is 0.637. The van der Waals surface area contributed by atoms with Gasteiger partial charge in [0.05, 0.1) is 0 Å². The highest BCUT2D eigenvalue weighted by Crippen LogP contribution is 2.17. The van der Waals surface area contributed by atoms with Crippen molar-refractivity contribution in [3.05, 3.63) is 47.5 Å². The first kappa shape index (κ1) is 17.6. The van der Waals surface area contributed by atoms with Crippen LogP contribution >= 0.6 is 11.6 Å². The first-order valence-electron chi connectivity index (χ1n) is 7.13. The van der Waals surface area contributed by atoms with E-state index in [9.17, 15) is 4.79 Å². The lowest BCUT2D eigenvalue weighted by Gasteiger charge is -2.30. The Balaban J connectivity index is 0.000000262. The fraction of sp³-hybridized carbons (Fsp3) is 0.471. The summed E-state index contributed by atoms with van der Waals surface area (Å²) in [5.74, 6) is 0. The molecule has 1 amide bonds. The second-order valence-corrected chi connectivity index (χ2v) is 6.45. The highest BCUT2D eigenvalue weighted by atomic mass is 35.5. The molecule has 1 aromatic carbocycles. The minimum Gasteiger partial charge on any atom is -0.444 e. The summed E-state index contributed by atoms with van der Waals surface area (Å²) >= 11 is 5.54. The summed E-state index contributed by atoms with van der Waals surface area (Å²) in [4.78, 5) is 13.3. The van der Waals surface area contributed by atoms with Gasteiger partial charge in [0.15, 0.2) is 0 Å². The number of likely N-dealkylation sites (tertiary alicyclic amines) is 1. The number of benzene rings is 1. The monoisotopic (exact) mass is 309 g/mol. The zero-order chi connectivity index (χ0) is 15.9. The maximum Gasteiger partial charge on any atom is 0.410 e. The average Bonchev–Trinajstić information content (AvgIpc) is 2.39. The number of ether oxygens (including phenoxy) is 1. The Bertz CT molecular complexity index is 455. The number of amides is 1. The number of nitrogens with zero attached hydrogens (tertiary/aromatic N) is 1. The molecule has 0 radical (unpaired) electrons. The van der Waals surface area contributed by atoms with Gasteiger partial charge in [-0.1, -0.05) is 42.0 Å². The van der Waals surface area contributed by atoms with E-state index in [1.807, 2.05) is 51.1 Å². The molecule has 0 unspecified atom stereocenters. The smallest absolute Gasteiger partial charge is 0.410 e. The third-order valence-electron chi connectivity index (χ3n) is 2.86. The van der Waals surface area contributed by atoms with Crippen LogP contribution in [0.5, 0.6) is 0 Å². The fourth-order valence-electron chi connectivity index (χ4n) is 1.75. The highest BCUT2D eigenvalue weighted by Gasteiger charge is 2.23. The largest absolute Gasteiger partial charge is 0.444 e. The Labute approximate surface area is 132 Å². The summed E-state index contributed by atoms with van der Waals surface area (Å²) in [7, 11) is 0. The summed E-state index contributed by atoms with van der Waals surface area (Å²) in [6.45, 7) is 11.0. The molecule has 116 valence electrons. The van der Waals surface area contributed by atoms with Gasteiger partial charge >= 0.3 is 6.09 Å². The van der Waals surface area contributed by atoms with E-state index in [0.29, 0.717) is 0 Å². The van der Waals surface area contributed by atoms with Crippen LogP contribution in [0, 0.1) is 0 Å². The van der Waals surface area contributed by atoms with Crippen LogP contribution in [0.1, 0.15) is 33.6 Å². The lowest BCUT2D eigenvalue weighted by Crippen LogP contribution is -2.40. The summed E-state index contributed by atoms with van der Waals surface area (Å²) in [5.41, 5.74) is 0.829. The topological polar surface area (TPSA) is 29.5 Å². The number of piperidine rings is 1. The van der Waals surface area contributed by atoms with Crippen molar-refractivity contribution in [3.8, 4) is 0 Å². The van der Waals surface area contributed by atoms with Gasteiger partial charge in [-0.3, -0.25) is 0 Å². The van der Waals surface area contributed by atoms with Crippen LogP contribution in [0.2, 0.25) is 5.02 Å². The van der Waals surface area contributed by atoms with Crippen LogP contribution in [0.4, 0.5) is 4.79 Å². The molecule has 0 spiro atoms. The molecule has 2 rings (SSSR count). The van der Waals surface area contributed by atoms with E-state index in [1.54, 1.807) is 4.90 Å². The minimum absolute atomic E-state index is 0.204. The second kappa shape index (κ2) is 8.08. The first-order chi connectivity index (χ1) is 9.78. The zero-order valence-corrected chi connectivity index (χ0v) is 13.8. The van der Waals surface area contributed by atoms with Crippen molar-refractivity contribution < 1.29 is 9.53 Å². The van der Waals surface area contributed by atoms with Crippen molar-refractivity contribution in [1.82, 2.24) is 4.90 Å². The minimum atomic E-state index is -0.397. The fourth-order valence-corrected chi connectivity index (χ4v) is 1.89. The highest BCUT2D eigenvalue weighted by molar-refractivity contribution is 6.30. The summed E-state index contributed by atoms with van der Waals surface area (Å²) in [6.07, 6.45) is 1.60. The number of carbonyl (C=O) groups is 1. The summed E-state index contributed by atoms with van der Waals surface area (Å²) < 4.78 is 5.27. The van der Waals surface area contributed by atoms with Gasteiger partial charge in [-0.2, -0.15) is 0 Å². The van der Waals surface area contributed by atoms with Crippen LogP contribution in [0.25, 0.3) is 0 Å². The van der Waals surface area contributed by atoms with Crippen molar-refractivity contribution in [2.24, 2.45) is 0 Å². The number of hydrogen-bond donors (Lipinski definition) is 0. The maximum absolute atomic E-state index is 11.6. The predicted octanol–water partition coefficient (Wildman–Crippen LogP) is 4.91. The molecule has 1 aliphatic heterocycles. The zero-order valence-electron chi connectivity index (χ0n) is 13.1. The Morgan fingerprint density at radius 1 is 1.19 bits per heavy atom. The van der Waals surface area contributed by atoms with Gasteiger partial charge < -0.3 is 9.64 Å². The molecule has 3 nitrogen and oxygen atoms in total. The lowest BCUT2D eigenvalue weighted by atomic mass is 10.1. The number of halogens is 1. The Morgan fingerprint density at radius 3 is 2.10 bits per heavy atom. The molecule has 0 aliphatic carbocycles. The first-order valence-corrected chi connectivity index (χ1v) is 7.51. The standard InChI is InChI=1S/C11H19NO2.C6H5Cl/c1-9-5-7-12(8-6-9)10(13)14-11(2,3)4;7-6-4-2-1-3-5-6/h1,5-8H2,2-4H3;1-5H. The third kappa shape index (κ3) is 7.76. The average molecular weight is 310 g/mol. The number of rotatable bonds is 0. The van der Waals surface area contributed by atoms with Gasteiger partial charge in [0.2, 0.25) is 0 Å². The molecule has 1 saturated heterocycles. The SMILES string of the molecule is C=C1CCN(C(=O)OC(C)(C)C)CC1.Clc1ccccc1. The summed E-state index contributed by atoms with van der Waals surface area (Å²) in [6, 6.07) is 9.44. The molecule has 0 N–H and O–H groups in total. The van der Waals surface area contributed by atoms with Gasteiger partial charge in [-0.25, -0.2) is 4.79 Å². The maximum atomic E-state index is 11.6.